The summed E-state index contributed by atoms with van der Waals surface area (Å²) in [6, 6.07) is 2.53. The number of carbonyl (C=O) groups excluding carboxylic acids is 1. The molecule has 0 saturated heterocycles. The van der Waals surface area contributed by atoms with Gasteiger partial charge in [0, 0.05) is 32.7 Å². The fourth-order valence-corrected chi connectivity index (χ4v) is 1.27. The van der Waals surface area contributed by atoms with Crippen molar-refractivity contribution in [2.45, 2.75) is 18.9 Å². The van der Waals surface area contributed by atoms with Crippen LogP contribution in [0.1, 0.15) is 23.7 Å². The van der Waals surface area contributed by atoms with Crippen LogP contribution in [-0.4, -0.2) is 36.9 Å². The highest BCUT2D eigenvalue weighted by Crippen LogP contribution is 2.08. The molecule has 1 aromatic rings. The standard InChI is InChI=1S/C12H17NO5/c1-12(16,5-6-17-2)8-13-11(15)9-3-4-10(14)18-7-9/h3-4,7,16H,5-6,8H2,1-2H3,(H,13,15). The molecule has 1 aromatic heterocycles. The maximum atomic E-state index is 11.7. The Kier molecular flexibility index (Phi) is 5.06. The topological polar surface area (TPSA) is 88.8 Å². The van der Waals surface area contributed by atoms with Crippen molar-refractivity contribution in [1.29, 1.82) is 0 Å². The second kappa shape index (κ2) is 6.32. The van der Waals surface area contributed by atoms with Crippen LogP contribution in [0.25, 0.3) is 0 Å². The zero-order chi connectivity index (χ0) is 13.6. The van der Waals surface area contributed by atoms with Crippen LogP contribution in [0.15, 0.2) is 27.6 Å². The fourth-order valence-electron chi connectivity index (χ4n) is 1.27. The lowest BCUT2D eigenvalue weighted by molar-refractivity contribution is 0.0243. The number of amides is 1. The minimum Gasteiger partial charge on any atom is -0.430 e. The van der Waals surface area contributed by atoms with Gasteiger partial charge in [0.05, 0.1) is 11.2 Å². The molecule has 2 N–H and O–H groups in total. The van der Waals surface area contributed by atoms with Gasteiger partial charge in [0.1, 0.15) is 6.26 Å². The lowest BCUT2D eigenvalue weighted by Gasteiger charge is -2.23. The highest BCUT2D eigenvalue weighted by atomic mass is 16.5. The van der Waals surface area contributed by atoms with Crippen molar-refractivity contribution in [1.82, 2.24) is 5.32 Å². The maximum absolute atomic E-state index is 11.7. The van der Waals surface area contributed by atoms with Gasteiger partial charge >= 0.3 is 5.63 Å². The van der Waals surface area contributed by atoms with Gasteiger partial charge in [0.15, 0.2) is 0 Å². The van der Waals surface area contributed by atoms with Crippen LogP contribution in [0.4, 0.5) is 0 Å². The van der Waals surface area contributed by atoms with Gasteiger partial charge in [-0.15, -0.1) is 0 Å². The van der Waals surface area contributed by atoms with E-state index in [0.717, 1.165) is 12.3 Å². The number of methoxy groups -OCH3 is 1. The van der Waals surface area contributed by atoms with Crippen LogP contribution in [0.5, 0.6) is 0 Å². The van der Waals surface area contributed by atoms with Gasteiger partial charge in [-0.2, -0.15) is 0 Å². The van der Waals surface area contributed by atoms with Gasteiger partial charge in [0.2, 0.25) is 0 Å². The van der Waals surface area contributed by atoms with E-state index in [0.29, 0.717) is 13.0 Å². The summed E-state index contributed by atoms with van der Waals surface area (Å²) in [4.78, 5) is 22.4. The molecule has 0 spiro atoms. The summed E-state index contributed by atoms with van der Waals surface area (Å²) in [5, 5.41) is 12.5. The molecule has 0 aliphatic carbocycles. The quantitative estimate of drug-likeness (QED) is 0.755. The van der Waals surface area contributed by atoms with Crippen LogP contribution in [0, 0.1) is 0 Å². The van der Waals surface area contributed by atoms with Gasteiger partial charge in [-0.25, -0.2) is 4.79 Å². The lowest BCUT2D eigenvalue weighted by Crippen LogP contribution is -2.41. The van der Waals surface area contributed by atoms with Crippen molar-refractivity contribution in [2.75, 3.05) is 20.3 Å². The van der Waals surface area contributed by atoms with E-state index in [2.05, 4.69) is 9.73 Å². The summed E-state index contributed by atoms with van der Waals surface area (Å²) in [7, 11) is 1.54. The Labute approximate surface area is 105 Å². The first-order valence-electron chi connectivity index (χ1n) is 5.53. The first-order chi connectivity index (χ1) is 8.44. The number of aliphatic hydroxyl groups is 1. The normalized spacial score (nSPS) is 13.9. The third-order valence-corrected chi connectivity index (χ3v) is 2.44. The number of rotatable bonds is 6. The third-order valence-electron chi connectivity index (χ3n) is 2.44. The van der Waals surface area contributed by atoms with E-state index in [4.69, 9.17) is 4.74 Å². The number of hydrogen-bond acceptors (Lipinski definition) is 5. The summed E-state index contributed by atoms with van der Waals surface area (Å²) >= 11 is 0. The molecular weight excluding hydrogens is 238 g/mol. The van der Waals surface area contributed by atoms with Crippen molar-refractivity contribution >= 4 is 5.91 Å². The molecule has 0 saturated carbocycles. The van der Waals surface area contributed by atoms with Crippen LogP contribution < -0.4 is 10.9 Å². The van der Waals surface area contributed by atoms with E-state index in [-0.39, 0.29) is 12.1 Å². The summed E-state index contributed by atoms with van der Waals surface area (Å²) in [6.45, 7) is 2.11. The monoisotopic (exact) mass is 255 g/mol. The molecule has 0 aliphatic rings. The Morgan fingerprint density at radius 2 is 2.28 bits per heavy atom. The highest BCUT2D eigenvalue weighted by molar-refractivity contribution is 5.93. The maximum Gasteiger partial charge on any atom is 0.335 e. The summed E-state index contributed by atoms with van der Waals surface area (Å²) in [5.74, 6) is -0.406. The van der Waals surface area contributed by atoms with Crippen LogP contribution in [-0.2, 0) is 4.74 Å². The largest absolute Gasteiger partial charge is 0.430 e. The molecular formula is C12H17NO5. The van der Waals surface area contributed by atoms with Crippen molar-refractivity contribution in [2.24, 2.45) is 0 Å². The van der Waals surface area contributed by atoms with E-state index in [1.165, 1.54) is 6.07 Å². The molecule has 0 bridgehead atoms. The summed E-state index contributed by atoms with van der Waals surface area (Å²) < 4.78 is 9.44. The lowest BCUT2D eigenvalue weighted by atomic mass is 10.0. The first kappa shape index (κ1) is 14.4. The Morgan fingerprint density at radius 1 is 1.56 bits per heavy atom. The number of carbonyl (C=O) groups is 1. The number of ether oxygens (including phenoxy) is 1. The van der Waals surface area contributed by atoms with Crippen molar-refractivity contribution in [3.63, 3.8) is 0 Å². The summed E-state index contributed by atoms with van der Waals surface area (Å²) in [5.41, 5.74) is -1.32. The van der Waals surface area contributed by atoms with Gasteiger partial charge in [0.25, 0.3) is 5.91 Å². The number of hydrogen-bond donors (Lipinski definition) is 2. The molecule has 1 amide bonds. The summed E-state index contributed by atoms with van der Waals surface area (Å²) in [6.07, 6.45) is 1.50. The van der Waals surface area contributed by atoms with E-state index in [9.17, 15) is 14.7 Å². The molecule has 0 fully saturated rings. The molecule has 1 unspecified atom stereocenters. The molecule has 6 heteroatoms. The molecule has 6 nitrogen and oxygen atoms in total. The average molecular weight is 255 g/mol. The Hall–Kier alpha value is -1.66. The van der Waals surface area contributed by atoms with Gasteiger partial charge < -0.3 is 19.6 Å². The smallest absolute Gasteiger partial charge is 0.335 e. The molecule has 0 aliphatic heterocycles. The van der Waals surface area contributed by atoms with Crippen molar-refractivity contribution in [3.05, 3.63) is 34.4 Å². The molecule has 0 radical (unpaired) electrons. The molecule has 0 aromatic carbocycles. The van der Waals surface area contributed by atoms with Crippen molar-refractivity contribution < 1.29 is 19.1 Å². The minimum absolute atomic E-state index is 0.0916. The molecule has 1 atom stereocenters. The SMILES string of the molecule is COCCC(C)(O)CNC(=O)c1ccc(=O)oc1. The van der Waals surface area contributed by atoms with E-state index >= 15 is 0 Å². The molecule has 1 rings (SSSR count). The fraction of sp³-hybridized carbons (Fsp3) is 0.500. The van der Waals surface area contributed by atoms with Crippen LogP contribution >= 0.6 is 0 Å². The van der Waals surface area contributed by atoms with E-state index in [1.807, 2.05) is 0 Å². The predicted molar refractivity (Wildman–Crippen MR) is 64.4 cm³/mol. The zero-order valence-electron chi connectivity index (χ0n) is 10.4. The second-order valence-corrected chi connectivity index (χ2v) is 4.27. The van der Waals surface area contributed by atoms with Gasteiger partial charge in [-0.1, -0.05) is 0 Å². The Morgan fingerprint density at radius 3 is 2.83 bits per heavy atom. The van der Waals surface area contributed by atoms with Crippen LogP contribution in [0.2, 0.25) is 0 Å². The molecule has 1 heterocycles. The molecule has 18 heavy (non-hydrogen) atoms. The highest BCUT2D eigenvalue weighted by Gasteiger charge is 2.21. The minimum atomic E-state index is -1.04. The zero-order valence-corrected chi connectivity index (χ0v) is 10.4. The second-order valence-electron chi connectivity index (χ2n) is 4.27. The van der Waals surface area contributed by atoms with E-state index in [1.54, 1.807) is 14.0 Å². The van der Waals surface area contributed by atoms with E-state index < -0.39 is 17.1 Å². The first-order valence-corrected chi connectivity index (χ1v) is 5.53. The third kappa shape index (κ3) is 4.68. The average Bonchev–Trinajstić information content (AvgIpc) is 2.35. The van der Waals surface area contributed by atoms with Crippen molar-refractivity contribution in [3.8, 4) is 0 Å². The van der Waals surface area contributed by atoms with Gasteiger partial charge in [-0.3, -0.25) is 4.79 Å². The van der Waals surface area contributed by atoms with Crippen LogP contribution in [0.3, 0.4) is 0 Å². The Balaban J connectivity index is 2.50. The predicted octanol–water partition coefficient (Wildman–Crippen LogP) is 0.157. The number of nitrogens with one attached hydrogen (secondary N) is 1. The Bertz CT molecular complexity index is 432. The van der Waals surface area contributed by atoms with Gasteiger partial charge in [-0.05, 0) is 13.0 Å². The molecule has 100 valence electrons.